The molecule has 2 fully saturated rings. The van der Waals surface area contributed by atoms with Crippen LogP contribution in [0.5, 0.6) is 0 Å². The van der Waals surface area contributed by atoms with Crippen molar-refractivity contribution in [3.63, 3.8) is 0 Å². The van der Waals surface area contributed by atoms with Crippen molar-refractivity contribution in [1.82, 2.24) is 0 Å². The molecule has 4 atom stereocenters. The van der Waals surface area contributed by atoms with Gasteiger partial charge in [0.15, 0.2) is 0 Å². The molecule has 31 heavy (non-hydrogen) atoms. The first-order valence-corrected chi connectivity index (χ1v) is 10.7. The summed E-state index contributed by atoms with van der Waals surface area (Å²) in [4.78, 5) is 38.3. The second-order valence-electron chi connectivity index (χ2n) is 8.24. The van der Waals surface area contributed by atoms with E-state index in [0.29, 0.717) is 23.7 Å². The van der Waals surface area contributed by atoms with E-state index in [-0.39, 0.29) is 46.9 Å². The molecule has 8 heteroatoms. The average Bonchev–Trinajstić information content (AvgIpc) is 3.43. The van der Waals surface area contributed by atoms with Crippen LogP contribution in [0.15, 0.2) is 54.6 Å². The lowest BCUT2D eigenvalue weighted by Gasteiger charge is -2.18. The summed E-state index contributed by atoms with van der Waals surface area (Å²) >= 11 is 6.16. The van der Waals surface area contributed by atoms with Crippen molar-refractivity contribution >= 4 is 40.5 Å². The number of fused-ring (bicyclic) bond motifs is 5. The molecule has 2 aromatic rings. The second-order valence-corrected chi connectivity index (χ2v) is 8.65. The van der Waals surface area contributed by atoms with Gasteiger partial charge in [-0.1, -0.05) is 42.0 Å². The summed E-state index contributed by atoms with van der Waals surface area (Å²) in [5.41, 5.74) is 1.36. The zero-order chi connectivity index (χ0) is 21.7. The molecule has 0 aromatic heterocycles. The van der Waals surface area contributed by atoms with Gasteiger partial charge in [-0.25, -0.2) is 4.90 Å². The Balaban J connectivity index is 1.36. The number of imide groups is 1. The molecule has 1 N–H and O–H groups in total. The Labute approximate surface area is 183 Å². The Hall–Kier alpha value is -3.19. The van der Waals surface area contributed by atoms with Gasteiger partial charge in [-0.3, -0.25) is 19.7 Å². The van der Waals surface area contributed by atoms with E-state index in [1.54, 1.807) is 18.2 Å². The van der Waals surface area contributed by atoms with E-state index in [9.17, 15) is 19.7 Å². The Morgan fingerprint density at radius 3 is 2.39 bits per heavy atom. The van der Waals surface area contributed by atoms with E-state index in [1.165, 1.54) is 6.07 Å². The van der Waals surface area contributed by atoms with Gasteiger partial charge in [-0.05, 0) is 48.4 Å². The van der Waals surface area contributed by atoms with Crippen LogP contribution >= 0.6 is 11.6 Å². The van der Waals surface area contributed by atoms with Crippen molar-refractivity contribution in [3.05, 3.63) is 75.3 Å². The van der Waals surface area contributed by atoms with Gasteiger partial charge in [0.1, 0.15) is 5.69 Å². The molecule has 5 rings (SSSR count). The second kappa shape index (κ2) is 7.50. The Morgan fingerprint density at radius 2 is 1.74 bits per heavy atom. The Kier molecular flexibility index (Phi) is 4.78. The number of halogens is 1. The fourth-order valence-electron chi connectivity index (χ4n) is 5.15. The number of rotatable bonds is 6. The lowest BCUT2D eigenvalue weighted by molar-refractivity contribution is -0.383. The molecule has 2 aliphatic carbocycles. The molecule has 1 saturated carbocycles. The summed E-state index contributed by atoms with van der Waals surface area (Å²) in [5, 5.41) is 15.4. The first kappa shape index (κ1) is 19.8. The number of allylic oxidation sites excluding steroid dienone is 2. The first-order valence-electron chi connectivity index (χ1n) is 10.3. The maximum Gasteiger partial charge on any atom is 0.294 e. The number of hydrogen-bond acceptors (Lipinski definition) is 5. The molecule has 158 valence electrons. The van der Waals surface area contributed by atoms with Crippen LogP contribution in [0.1, 0.15) is 12.0 Å². The number of nitro groups is 1. The molecule has 0 spiro atoms. The number of benzene rings is 2. The standard InChI is InChI=1S/C23H20ClN3O4/c24-17-4-2-1-3-13(17)9-10-25-18-8-7-16(12-19(18)27(30)31)26-22(28)20-14-5-6-15(11-14)21(20)23(26)29/h1-8,12,14-15,20-21,25H,9-11H2/t14-,15-,20-,21-/m0/s1. The van der Waals surface area contributed by atoms with Crippen LogP contribution < -0.4 is 10.2 Å². The van der Waals surface area contributed by atoms with Crippen LogP contribution in [-0.2, 0) is 16.0 Å². The molecule has 1 aliphatic heterocycles. The highest BCUT2D eigenvalue weighted by atomic mass is 35.5. The third kappa shape index (κ3) is 3.20. The predicted molar refractivity (Wildman–Crippen MR) is 117 cm³/mol. The maximum absolute atomic E-state index is 13.0. The predicted octanol–water partition coefficient (Wildman–Crippen LogP) is 4.21. The molecule has 0 unspecified atom stereocenters. The van der Waals surface area contributed by atoms with Crippen molar-refractivity contribution in [2.75, 3.05) is 16.8 Å². The molecule has 7 nitrogen and oxygen atoms in total. The highest BCUT2D eigenvalue weighted by Gasteiger charge is 2.59. The quantitative estimate of drug-likeness (QED) is 0.316. The highest BCUT2D eigenvalue weighted by Crippen LogP contribution is 2.53. The number of nitrogens with zero attached hydrogens (tertiary/aromatic N) is 2. The summed E-state index contributed by atoms with van der Waals surface area (Å²) in [6.07, 6.45) is 5.49. The van der Waals surface area contributed by atoms with Crippen molar-refractivity contribution in [1.29, 1.82) is 0 Å². The summed E-state index contributed by atoms with van der Waals surface area (Å²) in [7, 11) is 0. The molecule has 2 amide bonds. The number of amides is 2. The number of nitro benzene ring substituents is 1. The molecular formula is C23H20ClN3O4. The van der Waals surface area contributed by atoms with E-state index in [2.05, 4.69) is 5.32 Å². The van der Waals surface area contributed by atoms with Crippen LogP contribution in [0, 0.1) is 33.8 Å². The summed E-state index contributed by atoms with van der Waals surface area (Å²) in [6.45, 7) is 0.449. The molecule has 1 saturated heterocycles. The molecular weight excluding hydrogens is 418 g/mol. The van der Waals surface area contributed by atoms with Crippen LogP contribution in [-0.4, -0.2) is 23.3 Å². The highest BCUT2D eigenvalue weighted by molar-refractivity contribution is 6.31. The van der Waals surface area contributed by atoms with Crippen LogP contribution in [0.2, 0.25) is 5.02 Å². The van der Waals surface area contributed by atoms with Crippen LogP contribution in [0.3, 0.4) is 0 Å². The number of hydrogen-bond donors (Lipinski definition) is 1. The van der Waals surface area contributed by atoms with E-state index in [4.69, 9.17) is 11.6 Å². The minimum atomic E-state index is -0.502. The normalized spacial score (nSPS) is 25.9. The number of carbonyl (C=O) groups excluding carboxylic acids is 2. The van der Waals surface area contributed by atoms with Crippen molar-refractivity contribution in [3.8, 4) is 0 Å². The third-order valence-corrected chi connectivity index (χ3v) is 6.94. The summed E-state index contributed by atoms with van der Waals surface area (Å²) in [5.74, 6) is -0.986. The minimum Gasteiger partial charge on any atom is -0.379 e. The zero-order valence-electron chi connectivity index (χ0n) is 16.5. The first-order chi connectivity index (χ1) is 15.0. The Morgan fingerprint density at radius 1 is 1.06 bits per heavy atom. The fraction of sp³-hybridized carbons (Fsp3) is 0.304. The van der Waals surface area contributed by atoms with E-state index in [0.717, 1.165) is 16.9 Å². The zero-order valence-corrected chi connectivity index (χ0v) is 17.3. The molecule has 0 radical (unpaired) electrons. The van der Waals surface area contributed by atoms with Gasteiger partial charge in [-0.15, -0.1) is 0 Å². The van der Waals surface area contributed by atoms with Gasteiger partial charge in [0.05, 0.1) is 22.4 Å². The monoisotopic (exact) mass is 437 g/mol. The van der Waals surface area contributed by atoms with Gasteiger partial charge >= 0.3 is 0 Å². The number of anilines is 2. The van der Waals surface area contributed by atoms with Gasteiger partial charge < -0.3 is 5.32 Å². The summed E-state index contributed by atoms with van der Waals surface area (Å²) < 4.78 is 0. The van der Waals surface area contributed by atoms with Gasteiger partial charge in [0, 0.05) is 17.6 Å². The number of nitrogens with one attached hydrogen (secondary N) is 1. The smallest absolute Gasteiger partial charge is 0.294 e. The molecule has 1 heterocycles. The van der Waals surface area contributed by atoms with E-state index < -0.39 is 4.92 Å². The van der Waals surface area contributed by atoms with Crippen molar-refractivity contribution < 1.29 is 14.5 Å². The van der Waals surface area contributed by atoms with Crippen LogP contribution in [0.4, 0.5) is 17.1 Å². The SMILES string of the molecule is O=C1[C@@H]2[C@@H](C(=O)N1c1ccc(NCCc3ccccc3Cl)c([N+](=O)[O-])c1)[C@H]1C=C[C@H]2C1. The Bertz CT molecular complexity index is 1100. The fourth-order valence-corrected chi connectivity index (χ4v) is 5.38. The molecule has 3 aliphatic rings. The third-order valence-electron chi connectivity index (χ3n) is 6.57. The van der Waals surface area contributed by atoms with Gasteiger partial charge in [-0.2, -0.15) is 0 Å². The van der Waals surface area contributed by atoms with Gasteiger partial charge in [0.25, 0.3) is 5.69 Å². The topological polar surface area (TPSA) is 92.6 Å². The van der Waals surface area contributed by atoms with E-state index in [1.807, 2.05) is 30.4 Å². The summed E-state index contributed by atoms with van der Waals surface area (Å²) in [6, 6.07) is 11.9. The largest absolute Gasteiger partial charge is 0.379 e. The lowest BCUT2D eigenvalue weighted by Crippen LogP contribution is -2.32. The number of carbonyl (C=O) groups is 2. The van der Waals surface area contributed by atoms with Crippen molar-refractivity contribution in [2.45, 2.75) is 12.8 Å². The average molecular weight is 438 g/mol. The molecule has 2 aromatic carbocycles. The molecule has 2 bridgehead atoms. The van der Waals surface area contributed by atoms with E-state index >= 15 is 0 Å². The maximum atomic E-state index is 13.0. The lowest BCUT2D eigenvalue weighted by atomic mass is 9.85. The van der Waals surface area contributed by atoms with Gasteiger partial charge in [0.2, 0.25) is 11.8 Å². The van der Waals surface area contributed by atoms with Crippen LogP contribution in [0.25, 0.3) is 0 Å². The minimum absolute atomic E-state index is 0.0946. The van der Waals surface area contributed by atoms with Crippen molar-refractivity contribution in [2.24, 2.45) is 23.7 Å².